The standard InChI is InChI=1S/C14H26N2O2/c1-3-14(2,9-17)16-13(18)8-10-6-11-4-5-12(7-10)15-11/h10-12,15,17H,3-9H2,1-2H3,(H,16,18). The third-order valence-electron chi connectivity index (χ3n) is 4.62. The Balaban J connectivity index is 1.81. The molecule has 0 aromatic carbocycles. The fourth-order valence-corrected chi connectivity index (χ4v) is 3.23. The summed E-state index contributed by atoms with van der Waals surface area (Å²) in [5, 5.41) is 15.9. The minimum absolute atomic E-state index is 0.00666. The topological polar surface area (TPSA) is 61.4 Å². The average molecular weight is 254 g/mol. The Morgan fingerprint density at radius 3 is 2.50 bits per heavy atom. The Hall–Kier alpha value is -0.610. The van der Waals surface area contributed by atoms with Crippen molar-refractivity contribution in [2.75, 3.05) is 6.61 Å². The molecule has 2 rings (SSSR count). The number of nitrogens with one attached hydrogen (secondary N) is 2. The predicted octanol–water partition coefficient (Wildman–Crippen LogP) is 1.18. The van der Waals surface area contributed by atoms with E-state index in [0.717, 1.165) is 19.3 Å². The van der Waals surface area contributed by atoms with Crippen LogP contribution in [0.5, 0.6) is 0 Å². The van der Waals surface area contributed by atoms with E-state index in [1.165, 1.54) is 12.8 Å². The van der Waals surface area contributed by atoms with Crippen molar-refractivity contribution in [3.63, 3.8) is 0 Å². The molecule has 3 N–H and O–H groups in total. The maximum absolute atomic E-state index is 12.0. The Kier molecular flexibility index (Phi) is 4.28. The van der Waals surface area contributed by atoms with Gasteiger partial charge in [0.25, 0.3) is 0 Å². The number of carbonyl (C=O) groups excluding carboxylic acids is 1. The smallest absolute Gasteiger partial charge is 0.220 e. The van der Waals surface area contributed by atoms with Gasteiger partial charge in [-0.2, -0.15) is 0 Å². The lowest BCUT2D eigenvalue weighted by Gasteiger charge is -2.31. The summed E-state index contributed by atoms with van der Waals surface area (Å²) in [6.45, 7) is 3.89. The van der Waals surface area contributed by atoms with Gasteiger partial charge in [0.2, 0.25) is 5.91 Å². The summed E-state index contributed by atoms with van der Waals surface area (Å²) in [5.41, 5.74) is -0.455. The van der Waals surface area contributed by atoms with E-state index in [1.807, 2.05) is 13.8 Å². The molecule has 104 valence electrons. The zero-order valence-corrected chi connectivity index (χ0v) is 11.5. The molecule has 2 aliphatic rings. The number of aliphatic hydroxyl groups excluding tert-OH is 1. The van der Waals surface area contributed by atoms with Gasteiger partial charge >= 0.3 is 0 Å². The number of amides is 1. The van der Waals surface area contributed by atoms with Gasteiger partial charge in [-0.1, -0.05) is 6.92 Å². The van der Waals surface area contributed by atoms with Gasteiger partial charge in [-0.25, -0.2) is 0 Å². The predicted molar refractivity (Wildman–Crippen MR) is 71.2 cm³/mol. The van der Waals surface area contributed by atoms with E-state index in [4.69, 9.17) is 0 Å². The highest BCUT2D eigenvalue weighted by Gasteiger charge is 2.34. The van der Waals surface area contributed by atoms with Crippen LogP contribution in [0.15, 0.2) is 0 Å². The quantitative estimate of drug-likeness (QED) is 0.690. The maximum Gasteiger partial charge on any atom is 0.220 e. The van der Waals surface area contributed by atoms with E-state index in [1.54, 1.807) is 0 Å². The van der Waals surface area contributed by atoms with Crippen LogP contribution in [0.4, 0.5) is 0 Å². The molecule has 1 amide bonds. The second kappa shape index (κ2) is 5.57. The van der Waals surface area contributed by atoms with Crippen LogP contribution in [-0.4, -0.2) is 35.2 Å². The normalized spacial score (nSPS) is 34.1. The molecule has 4 nitrogen and oxygen atoms in total. The molecule has 4 heteroatoms. The van der Waals surface area contributed by atoms with Gasteiger partial charge in [-0.05, 0) is 44.9 Å². The number of carbonyl (C=O) groups is 1. The van der Waals surface area contributed by atoms with Crippen LogP contribution in [0, 0.1) is 5.92 Å². The molecule has 2 fully saturated rings. The molecule has 0 aromatic rings. The van der Waals surface area contributed by atoms with E-state index in [2.05, 4.69) is 10.6 Å². The van der Waals surface area contributed by atoms with Crippen molar-refractivity contribution < 1.29 is 9.90 Å². The summed E-state index contributed by atoms with van der Waals surface area (Å²) in [5.74, 6) is 0.614. The summed E-state index contributed by atoms with van der Waals surface area (Å²) >= 11 is 0. The van der Waals surface area contributed by atoms with Crippen LogP contribution in [0.2, 0.25) is 0 Å². The van der Waals surface area contributed by atoms with Gasteiger partial charge in [0.15, 0.2) is 0 Å². The highest BCUT2D eigenvalue weighted by atomic mass is 16.3. The zero-order valence-electron chi connectivity index (χ0n) is 11.5. The summed E-state index contributed by atoms with van der Waals surface area (Å²) in [6, 6.07) is 1.27. The molecule has 3 unspecified atom stereocenters. The van der Waals surface area contributed by atoms with Crippen molar-refractivity contribution in [3.05, 3.63) is 0 Å². The first-order valence-corrected chi connectivity index (χ1v) is 7.22. The molecule has 0 aliphatic carbocycles. The van der Waals surface area contributed by atoms with Crippen LogP contribution in [0.25, 0.3) is 0 Å². The molecule has 2 heterocycles. The van der Waals surface area contributed by atoms with Crippen molar-refractivity contribution in [2.45, 2.75) is 70.0 Å². The van der Waals surface area contributed by atoms with E-state index < -0.39 is 5.54 Å². The molecule has 0 radical (unpaired) electrons. The first-order valence-electron chi connectivity index (χ1n) is 7.22. The summed E-state index contributed by atoms with van der Waals surface area (Å²) < 4.78 is 0. The van der Waals surface area contributed by atoms with E-state index >= 15 is 0 Å². The number of piperidine rings is 1. The lowest BCUT2D eigenvalue weighted by molar-refractivity contribution is -0.124. The van der Waals surface area contributed by atoms with Crippen LogP contribution >= 0.6 is 0 Å². The fourth-order valence-electron chi connectivity index (χ4n) is 3.23. The number of aliphatic hydroxyl groups is 1. The molecular formula is C14H26N2O2. The summed E-state index contributed by atoms with van der Waals surface area (Å²) in [6.07, 6.45) is 6.17. The Morgan fingerprint density at radius 1 is 1.39 bits per heavy atom. The van der Waals surface area contributed by atoms with E-state index in [-0.39, 0.29) is 12.5 Å². The summed E-state index contributed by atoms with van der Waals surface area (Å²) in [4.78, 5) is 12.0. The largest absolute Gasteiger partial charge is 0.394 e. The monoisotopic (exact) mass is 254 g/mol. The molecule has 0 aromatic heterocycles. The first kappa shape index (κ1) is 13.8. The van der Waals surface area contributed by atoms with Crippen molar-refractivity contribution >= 4 is 5.91 Å². The van der Waals surface area contributed by atoms with Gasteiger partial charge in [-0.3, -0.25) is 4.79 Å². The van der Waals surface area contributed by atoms with Crippen molar-refractivity contribution in [2.24, 2.45) is 5.92 Å². The second-order valence-corrected chi connectivity index (χ2v) is 6.30. The lowest BCUT2D eigenvalue weighted by Crippen LogP contribution is -2.49. The SMILES string of the molecule is CCC(C)(CO)NC(=O)CC1CC2CCC(C1)N2. The van der Waals surface area contributed by atoms with E-state index in [9.17, 15) is 9.90 Å². The molecule has 2 bridgehead atoms. The van der Waals surface area contributed by atoms with Gasteiger partial charge in [0, 0.05) is 18.5 Å². The molecule has 18 heavy (non-hydrogen) atoms. The minimum atomic E-state index is -0.455. The Labute approximate surface area is 110 Å². The van der Waals surface area contributed by atoms with Crippen molar-refractivity contribution in [1.82, 2.24) is 10.6 Å². The molecule has 3 atom stereocenters. The summed E-state index contributed by atoms with van der Waals surface area (Å²) in [7, 11) is 0. The highest BCUT2D eigenvalue weighted by molar-refractivity contribution is 5.77. The van der Waals surface area contributed by atoms with Crippen LogP contribution in [0.1, 0.15) is 52.4 Å². The zero-order chi connectivity index (χ0) is 13.2. The Morgan fingerprint density at radius 2 is 2.00 bits per heavy atom. The molecule has 2 aliphatic heterocycles. The van der Waals surface area contributed by atoms with Gasteiger partial charge in [-0.15, -0.1) is 0 Å². The molecule has 0 spiro atoms. The van der Waals surface area contributed by atoms with Crippen LogP contribution in [-0.2, 0) is 4.79 Å². The fraction of sp³-hybridized carbons (Fsp3) is 0.929. The first-order chi connectivity index (χ1) is 8.54. The van der Waals surface area contributed by atoms with Crippen LogP contribution < -0.4 is 10.6 Å². The van der Waals surface area contributed by atoms with Crippen LogP contribution in [0.3, 0.4) is 0 Å². The number of hydrogen-bond acceptors (Lipinski definition) is 3. The second-order valence-electron chi connectivity index (χ2n) is 6.30. The van der Waals surface area contributed by atoms with Gasteiger partial charge in [0.1, 0.15) is 0 Å². The lowest BCUT2D eigenvalue weighted by atomic mass is 9.89. The molecule has 0 saturated carbocycles. The third kappa shape index (κ3) is 3.23. The van der Waals surface area contributed by atoms with Crippen molar-refractivity contribution in [3.8, 4) is 0 Å². The maximum atomic E-state index is 12.0. The number of fused-ring (bicyclic) bond motifs is 2. The van der Waals surface area contributed by atoms with Crippen molar-refractivity contribution in [1.29, 1.82) is 0 Å². The molecular weight excluding hydrogens is 228 g/mol. The van der Waals surface area contributed by atoms with Gasteiger partial charge < -0.3 is 15.7 Å². The average Bonchev–Trinajstić information content (AvgIpc) is 2.68. The highest BCUT2D eigenvalue weighted by Crippen LogP contribution is 2.32. The number of rotatable bonds is 5. The van der Waals surface area contributed by atoms with Gasteiger partial charge in [0.05, 0.1) is 12.1 Å². The van der Waals surface area contributed by atoms with E-state index in [0.29, 0.717) is 24.4 Å². The third-order valence-corrected chi connectivity index (χ3v) is 4.62. The number of hydrogen-bond donors (Lipinski definition) is 3. The Bertz CT molecular complexity index is 290. The molecule has 2 saturated heterocycles. The minimum Gasteiger partial charge on any atom is -0.394 e.